The molecular formula is C25H27N2O5S2. The molecule has 1 aromatic heterocycles. The van der Waals surface area contributed by atoms with Crippen molar-refractivity contribution >= 4 is 39.3 Å². The van der Waals surface area contributed by atoms with Crippen LogP contribution in [-0.2, 0) is 19.1 Å². The Morgan fingerprint density at radius 2 is 1.91 bits per heavy atom. The van der Waals surface area contributed by atoms with Crippen LogP contribution in [-0.4, -0.2) is 58.7 Å². The number of hydrogen-bond donors (Lipinski definition) is 0. The maximum Gasteiger partial charge on any atom is 0.338 e. The number of fused-ring (bicyclic) bond motifs is 2. The van der Waals surface area contributed by atoms with Gasteiger partial charge in [0.15, 0.2) is 5.78 Å². The molecule has 34 heavy (non-hydrogen) atoms. The predicted octanol–water partition coefficient (Wildman–Crippen LogP) is 4.19. The summed E-state index contributed by atoms with van der Waals surface area (Å²) in [6, 6.07) is 14.3. The minimum absolute atomic E-state index is 0.0226. The van der Waals surface area contributed by atoms with Crippen LogP contribution in [0.15, 0.2) is 59.8 Å². The Kier molecular flexibility index (Phi) is 8.64. The van der Waals surface area contributed by atoms with Gasteiger partial charge in [-0.05, 0) is 47.9 Å². The molecule has 0 spiro atoms. The van der Waals surface area contributed by atoms with Gasteiger partial charge in [-0.1, -0.05) is 35.1 Å². The number of ketones is 1. The predicted molar refractivity (Wildman–Crippen MR) is 131 cm³/mol. The van der Waals surface area contributed by atoms with E-state index in [0.29, 0.717) is 24.2 Å². The van der Waals surface area contributed by atoms with E-state index in [1.54, 1.807) is 58.6 Å². The number of nitrogens with zero attached hydrogens (tertiary/aromatic N) is 2. The first-order chi connectivity index (χ1) is 16.6. The molecule has 2 bridgehead atoms. The maximum absolute atomic E-state index is 12.7. The van der Waals surface area contributed by atoms with Crippen LogP contribution in [0.3, 0.4) is 0 Å². The molecule has 0 N–H and O–H groups in total. The number of hydrogen-bond acceptors (Lipinski definition) is 9. The third-order valence-electron chi connectivity index (χ3n) is 6.17. The first-order valence-electron chi connectivity index (χ1n) is 11.3. The van der Waals surface area contributed by atoms with Crippen molar-refractivity contribution in [1.82, 2.24) is 9.88 Å². The van der Waals surface area contributed by atoms with Crippen LogP contribution in [0, 0.1) is 12.5 Å². The number of Topliss-reactive ketones (excluding diaryl/α,β-unsaturated/α-hetero) is 1. The Morgan fingerprint density at radius 3 is 2.65 bits per heavy atom. The molecule has 1 radical (unpaired) electrons. The van der Waals surface area contributed by atoms with Gasteiger partial charge in [-0.2, -0.15) is 0 Å². The maximum atomic E-state index is 12.7. The van der Waals surface area contributed by atoms with E-state index in [1.165, 1.54) is 7.11 Å². The number of ether oxygens (including phenoxy) is 2. The Hall–Kier alpha value is -2.36. The minimum atomic E-state index is -0.630. The lowest BCUT2D eigenvalue weighted by Gasteiger charge is -2.42. The normalized spacial score (nSPS) is 23.9. The smallest absolute Gasteiger partial charge is 0.338 e. The molecule has 2 aromatic rings. The average Bonchev–Trinajstić information content (AvgIpc) is 3.13. The first kappa shape index (κ1) is 24.8. The Morgan fingerprint density at radius 1 is 1.12 bits per heavy atom. The molecule has 0 saturated carbocycles. The van der Waals surface area contributed by atoms with Crippen LogP contribution in [0.25, 0.3) is 0 Å². The highest BCUT2D eigenvalue weighted by atomic mass is 33.1. The second-order valence-corrected chi connectivity index (χ2v) is 10.7. The molecule has 4 unspecified atom stereocenters. The van der Waals surface area contributed by atoms with Crippen molar-refractivity contribution in [2.75, 3.05) is 12.9 Å². The summed E-state index contributed by atoms with van der Waals surface area (Å²) in [4.78, 5) is 44.3. The second kappa shape index (κ2) is 11.9. The fourth-order valence-corrected chi connectivity index (χ4v) is 6.50. The number of rotatable bonds is 10. The zero-order chi connectivity index (χ0) is 23.9. The SMILES string of the molecule is COC(=O)C1C(OC(=O)c2ccccc2)CC2CCC1N2[CH]C(=O)CCSSc1ccccn1. The van der Waals surface area contributed by atoms with Crippen molar-refractivity contribution in [3.63, 3.8) is 0 Å². The second-order valence-electron chi connectivity index (χ2n) is 8.26. The third-order valence-corrected chi connectivity index (χ3v) is 8.43. The van der Waals surface area contributed by atoms with Crippen LogP contribution in [0.1, 0.15) is 36.0 Å². The zero-order valence-corrected chi connectivity index (χ0v) is 20.5. The number of aromatic nitrogens is 1. The van der Waals surface area contributed by atoms with Crippen molar-refractivity contribution in [1.29, 1.82) is 0 Å². The van der Waals surface area contributed by atoms with E-state index < -0.39 is 24.0 Å². The van der Waals surface area contributed by atoms with Gasteiger partial charge in [-0.3, -0.25) is 14.5 Å². The number of pyridine rings is 1. The molecule has 2 aliphatic rings. The van der Waals surface area contributed by atoms with Crippen LogP contribution in [0.2, 0.25) is 0 Å². The molecule has 3 heterocycles. The lowest BCUT2D eigenvalue weighted by atomic mass is 9.87. The highest BCUT2D eigenvalue weighted by Crippen LogP contribution is 2.42. The molecule has 9 heteroatoms. The van der Waals surface area contributed by atoms with E-state index in [-0.39, 0.29) is 17.9 Å². The molecule has 4 rings (SSSR count). The van der Waals surface area contributed by atoms with Crippen LogP contribution < -0.4 is 0 Å². The zero-order valence-electron chi connectivity index (χ0n) is 18.9. The highest BCUT2D eigenvalue weighted by molar-refractivity contribution is 8.76. The van der Waals surface area contributed by atoms with Gasteiger partial charge in [0.2, 0.25) is 0 Å². The van der Waals surface area contributed by atoms with Crippen molar-refractivity contribution in [2.24, 2.45) is 5.92 Å². The molecule has 0 amide bonds. The van der Waals surface area contributed by atoms with Crippen molar-refractivity contribution in [3.8, 4) is 0 Å². The lowest BCUT2D eigenvalue weighted by Crippen LogP contribution is -2.54. The van der Waals surface area contributed by atoms with Crippen molar-refractivity contribution in [2.45, 2.75) is 48.9 Å². The van der Waals surface area contributed by atoms with E-state index in [1.807, 2.05) is 29.2 Å². The molecule has 2 fully saturated rings. The van der Waals surface area contributed by atoms with E-state index in [9.17, 15) is 14.4 Å². The standard InChI is InChI=1S/C25H27N2O5S2/c1-31-25(30)23-20-11-10-18(15-21(23)32-24(29)17-7-3-2-4-8-17)27(20)16-19(28)12-14-33-34-22-9-5-6-13-26-22/h2-9,13,16,18,20-21,23H,10-12,14-15H2,1H3. The molecule has 0 aliphatic carbocycles. The molecule has 1 aromatic carbocycles. The summed E-state index contributed by atoms with van der Waals surface area (Å²) in [6.07, 6.45) is 3.64. The number of carbonyl (C=O) groups excluding carboxylic acids is 3. The molecule has 2 aliphatic heterocycles. The Balaban J connectivity index is 1.34. The van der Waals surface area contributed by atoms with Crippen molar-refractivity contribution in [3.05, 3.63) is 66.8 Å². The number of piperidine rings is 1. The number of methoxy groups -OCH3 is 1. The van der Waals surface area contributed by atoms with E-state index in [2.05, 4.69) is 4.98 Å². The van der Waals surface area contributed by atoms with Gasteiger partial charge >= 0.3 is 11.9 Å². The minimum Gasteiger partial charge on any atom is -0.469 e. The van der Waals surface area contributed by atoms with Gasteiger partial charge in [0.05, 0.1) is 19.2 Å². The van der Waals surface area contributed by atoms with Gasteiger partial charge in [-0.15, -0.1) is 0 Å². The molecular weight excluding hydrogens is 472 g/mol. The summed E-state index contributed by atoms with van der Waals surface area (Å²) >= 11 is 0. The van der Waals surface area contributed by atoms with Crippen LogP contribution >= 0.6 is 21.6 Å². The first-order valence-corrected chi connectivity index (χ1v) is 13.6. The van der Waals surface area contributed by atoms with Gasteiger partial charge in [-0.25, -0.2) is 9.78 Å². The van der Waals surface area contributed by atoms with Crippen LogP contribution in [0.5, 0.6) is 0 Å². The Bertz CT molecular complexity index is 991. The van der Waals surface area contributed by atoms with Crippen LogP contribution in [0.4, 0.5) is 0 Å². The molecule has 7 nitrogen and oxygen atoms in total. The molecule has 2 saturated heterocycles. The summed E-state index contributed by atoms with van der Waals surface area (Å²) in [5.74, 6) is -0.805. The number of carbonyl (C=O) groups is 3. The average molecular weight is 500 g/mol. The summed E-state index contributed by atoms with van der Waals surface area (Å²) in [5, 5.41) is 0.912. The van der Waals surface area contributed by atoms with Gasteiger partial charge in [0, 0.05) is 36.9 Å². The fourth-order valence-electron chi connectivity index (χ4n) is 4.62. The highest BCUT2D eigenvalue weighted by Gasteiger charge is 2.52. The molecule has 179 valence electrons. The quantitative estimate of drug-likeness (QED) is 0.271. The van der Waals surface area contributed by atoms with E-state index in [4.69, 9.17) is 9.47 Å². The van der Waals surface area contributed by atoms with Crippen molar-refractivity contribution < 1.29 is 23.9 Å². The number of benzene rings is 1. The Labute approximate surface area is 207 Å². The van der Waals surface area contributed by atoms with Gasteiger partial charge in [0.25, 0.3) is 0 Å². The third kappa shape index (κ3) is 6.00. The summed E-state index contributed by atoms with van der Waals surface area (Å²) in [6.45, 7) is 1.65. The number of esters is 2. The fraction of sp³-hybridized carbons (Fsp3) is 0.400. The van der Waals surface area contributed by atoms with Gasteiger partial charge in [0.1, 0.15) is 17.0 Å². The lowest BCUT2D eigenvalue weighted by molar-refractivity contribution is -0.156. The monoisotopic (exact) mass is 499 g/mol. The van der Waals surface area contributed by atoms with E-state index in [0.717, 1.165) is 17.9 Å². The van der Waals surface area contributed by atoms with E-state index >= 15 is 0 Å². The van der Waals surface area contributed by atoms with Gasteiger partial charge < -0.3 is 9.47 Å². The summed E-state index contributed by atoms with van der Waals surface area (Å²) in [7, 11) is 4.48. The summed E-state index contributed by atoms with van der Waals surface area (Å²) < 4.78 is 10.9. The summed E-state index contributed by atoms with van der Waals surface area (Å²) in [5.41, 5.74) is 0.448. The molecule has 4 atom stereocenters. The largest absolute Gasteiger partial charge is 0.469 e. The topological polar surface area (TPSA) is 85.8 Å².